The molecule has 0 saturated carbocycles. The Kier molecular flexibility index (Phi) is 4.69. The Labute approximate surface area is 120 Å². The van der Waals surface area contributed by atoms with Gasteiger partial charge in [-0.2, -0.15) is 0 Å². The highest BCUT2D eigenvalue weighted by Gasteiger charge is 2.25. The van der Waals surface area contributed by atoms with Gasteiger partial charge in [-0.3, -0.25) is 14.9 Å². The Hall–Kier alpha value is -2.22. The van der Waals surface area contributed by atoms with Crippen molar-refractivity contribution in [1.29, 1.82) is 0 Å². The number of anilines is 1. The van der Waals surface area contributed by atoms with Crippen LogP contribution in [0.3, 0.4) is 0 Å². The molecule has 2 rings (SSSR count). The molecule has 21 heavy (non-hydrogen) atoms. The van der Waals surface area contributed by atoms with Gasteiger partial charge in [0.1, 0.15) is 5.82 Å². The molecule has 0 amide bonds. The van der Waals surface area contributed by atoms with Crippen LogP contribution in [-0.2, 0) is 14.3 Å². The van der Waals surface area contributed by atoms with Gasteiger partial charge in [-0.05, 0) is 6.07 Å². The summed E-state index contributed by atoms with van der Waals surface area (Å²) in [5.41, 5.74) is 0.0980. The molecule has 1 heterocycles. The Bertz CT molecular complexity index is 551. The molecular weight excluding hydrogens is 283 g/mol. The average Bonchev–Trinajstić information content (AvgIpc) is 2.46. The summed E-state index contributed by atoms with van der Waals surface area (Å²) in [5.74, 6) is -1.07. The number of hydrogen-bond donors (Lipinski definition) is 0. The zero-order valence-corrected chi connectivity index (χ0v) is 11.5. The predicted octanol–water partition coefficient (Wildman–Crippen LogP) is 1.50. The molecule has 1 unspecified atom stereocenters. The fraction of sp³-hybridized carbons (Fsp3) is 0.462. The number of esters is 1. The van der Waals surface area contributed by atoms with E-state index in [0.717, 1.165) is 6.07 Å². The smallest absolute Gasteiger partial charge is 0.308 e. The van der Waals surface area contributed by atoms with Crippen molar-refractivity contribution in [1.82, 2.24) is 0 Å². The summed E-state index contributed by atoms with van der Waals surface area (Å²) in [7, 11) is 1.29. The lowest BCUT2D eigenvalue weighted by molar-refractivity contribution is -0.385. The molecule has 1 aliphatic heterocycles. The molecule has 8 heteroatoms. The molecule has 7 nitrogen and oxygen atoms in total. The second kappa shape index (κ2) is 6.49. The van der Waals surface area contributed by atoms with E-state index in [1.54, 1.807) is 4.90 Å². The van der Waals surface area contributed by atoms with Crippen LogP contribution in [0.5, 0.6) is 0 Å². The number of methoxy groups -OCH3 is 1. The zero-order valence-electron chi connectivity index (χ0n) is 11.5. The summed E-state index contributed by atoms with van der Waals surface area (Å²) < 4.78 is 23.5. The van der Waals surface area contributed by atoms with Crippen molar-refractivity contribution in [3.05, 3.63) is 34.1 Å². The van der Waals surface area contributed by atoms with E-state index >= 15 is 0 Å². The fourth-order valence-corrected chi connectivity index (χ4v) is 2.19. The topological polar surface area (TPSA) is 81.9 Å². The van der Waals surface area contributed by atoms with Gasteiger partial charge in [-0.15, -0.1) is 0 Å². The number of ether oxygens (including phenoxy) is 2. The molecule has 1 atom stereocenters. The number of nitro groups is 1. The average molecular weight is 298 g/mol. The normalized spacial score (nSPS) is 18.4. The monoisotopic (exact) mass is 298 g/mol. The van der Waals surface area contributed by atoms with Crippen LogP contribution in [0.25, 0.3) is 0 Å². The number of hydrogen-bond acceptors (Lipinski definition) is 6. The fourth-order valence-electron chi connectivity index (χ4n) is 2.19. The number of carbonyl (C=O) groups is 1. The van der Waals surface area contributed by atoms with E-state index in [0.29, 0.717) is 25.4 Å². The van der Waals surface area contributed by atoms with Gasteiger partial charge in [-0.1, -0.05) is 0 Å². The van der Waals surface area contributed by atoms with Crippen molar-refractivity contribution in [2.75, 3.05) is 31.7 Å². The first-order chi connectivity index (χ1) is 9.99. The minimum absolute atomic E-state index is 0.0877. The first kappa shape index (κ1) is 15.2. The van der Waals surface area contributed by atoms with Gasteiger partial charge in [0, 0.05) is 24.8 Å². The molecule has 114 valence electrons. The molecule has 1 aliphatic rings. The third-order valence-electron chi connectivity index (χ3n) is 3.20. The Morgan fingerprint density at radius 1 is 1.57 bits per heavy atom. The third kappa shape index (κ3) is 3.88. The van der Waals surface area contributed by atoms with Crippen molar-refractivity contribution < 1.29 is 23.6 Å². The van der Waals surface area contributed by atoms with Gasteiger partial charge >= 0.3 is 5.97 Å². The summed E-state index contributed by atoms with van der Waals surface area (Å²) in [6.07, 6.45) is -0.293. The van der Waals surface area contributed by atoms with Crippen LogP contribution >= 0.6 is 0 Å². The zero-order chi connectivity index (χ0) is 15.4. The standard InChI is InChI=1S/C13H15FN2O5/c1-20-13(17)7-12-8-15(2-3-21-12)10-4-9(14)5-11(6-10)16(18)19/h4-6,12H,2-3,7-8H2,1H3. The first-order valence-corrected chi connectivity index (χ1v) is 6.38. The van der Waals surface area contributed by atoms with Crippen molar-refractivity contribution in [3.8, 4) is 0 Å². The van der Waals surface area contributed by atoms with E-state index in [2.05, 4.69) is 4.74 Å². The molecule has 0 spiro atoms. The van der Waals surface area contributed by atoms with Gasteiger partial charge in [0.05, 0.1) is 37.2 Å². The van der Waals surface area contributed by atoms with Gasteiger partial charge in [0.2, 0.25) is 0 Å². The van der Waals surface area contributed by atoms with Crippen LogP contribution in [0.4, 0.5) is 15.8 Å². The predicted molar refractivity (Wildman–Crippen MR) is 71.6 cm³/mol. The second-order valence-corrected chi connectivity index (χ2v) is 4.64. The SMILES string of the molecule is COC(=O)CC1CN(c2cc(F)cc([N+](=O)[O-])c2)CCO1. The number of non-ortho nitro benzene ring substituents is 1. The van der Waals surface area contributed by atoms with Crippen LogP contribution in [0.15, 0.2) is 18.2 Å². The number of halogens is 1. The molecule has 0 aliphatic carbocycles. The van der Waals surface area contributed by atoms with Crippen LogP contribution in [0, 0.1) is 15.9 Å². The lowest BCUT2D eigenvalue weighted by Gasteiger charge is -2.34. The van der Waals surface area contributed by atoms with Crippen molar-refractivity contribution in [2.24, 2.45) is 0 Å². The van der Waals surface area contributed by atoms with Crippen molar-refractivity contribution in [3.63, 3.8) is 0 Å². The maximum atomic E-state index is 13.5. The van der Waals surface area contributed by atoms with Gasteiger partial charge in [-0.25, -0.2) is 4.39 Å². The summed E-state index contributed by atoms with van der Waals surface area (Å²) in [6.45, 7) is 1.17. The molecule has 0 bridgehead atoms. The summed E-state index contributed by atoms with van der Waals surface area (Å²) >= 11 is 0. The number of rotatable bonds is 4. The quantitative estimate of drug-likeness (QED) is 0.476. The number of carbonyl (C=O) groups excluding carboxylic acids is 1. The van der Waals surface area contributed by atoms with Crippen LogP contribution in [-0.4, -0.2) is 43.8 Å². The van der Waals surface area contributed by atoms with Gasteiger partial charge < -0.3 is 14.4 Å². The maximum Gasteiger partial charge on any atom is 0.308 e. The van der Waals surface area contributed by atoms with Crippen LogP contribution in [0.2, 0.25) is 0 Å². The minimum atomic E-state index is -0.671. The highest BCUT2D eigenvalue weighted by Crippen LogP contribution is 2.25. The Balaban J connectivity index is 2.14. The highest BCUT2D eigenvalue weighted by molar-refractivity contribution is 5.70. The molecule has 1 aromatic rings. The molecule has 1 aromatic carbocycles. The van der Waals surface area contributed by atoms with E-state index in [1.807, 2.05) is 0 Å². The lowest BCUT2D eigenvalue weighted by Crippen LogP contribution is -2.43. The van der Waals surface area contributed by atoms with E-state index in [4.69, 9.17) is 4.74 Å². The lowest BCUT2D eigenvalue weighted by atomic mass is 10.1. The third-order valence-corrected chi connectivity index (χ3v) is 3.20. The summed E-state index contributed by atoms with van der Waals surface area (Å²) in [5, 5.41) is 10.8. The number of benzene rings is 1. The molecule has 0 N–H and O–H groups in total. The second-order valence-electron chi connectivity index (χ2n) is 4.64. The van der Waals surface area contributed by atoms with Crippen LogP contribution < -0.4 is 4.90 Å². The van der Waals surface area contributed by atoms with E-state index in [9.17, 15) is 19.3 Å². The molecule has 1 saturated heterocycles. The molecule has 1 fully saturated rings. The summed E-state index contributed by atoms with van der Waals surface area (Å²) in [6, 6.07) is 3.41. The summed E-state index contributed by atoms with van der Waals surface area (Å²) in [4.78, 5) is 23.1. The van der Waals surface area contributed by atoms with Crippen molar-refractivity contribution in [2.45, 2.75) is 12.5 Å². The molecular formula is C13H15FN2O5. The Morgan fingerprint density at radius 2 is 2.33 bits per heavy atom. The first-order valence-electron chi connectivity index (χ1n) is 6.38. The number of nitro benzene ring substituents is 1. The van der Waals surface area contributed by atoms with Crippen molar-refractivity contribution >= 4 is 17.3 Å². The van der Waals surface area contributed by atoms with Gasteiger partial charge in [0.15, 0.2) is 0 Å². The Morgan fingerprint density at radius 3 is 3.00 bits per heavy atom. The largest absolute Gasteiger partial charge is 0.469 e. The van der Waals surface area contributed by atoms with E-state index < -0.39 is 16.7 Å². The van der Waals surface area contributed by atoms with Crippen LogP contribution in [0.1, 0.15) is 6.42 Å². The number of nitrogens with zero attached hydrogens (tertiary/aromatic N) is 2. The molecule has 0 radical (unpaired) electrons. The number of morpholine rings is 1. The minimum Gasteiger partial charge on any atom is -0.469 e. The highest BCUT2D eigenvalue weighted by atomic mass is 19.1. The van der Waals surface area contributed by atoms with E-state index in [-0.39, 0.29) is 18.2 Å². The maximum absolute atomic E-state index is 13.5. The van der Waals surface area contributed by atoms with Gasteiger partial charge in [0.25, 0.3) is 5.69 Å². The van der Waals surface area contributed by atoms with E-state index in [1.165, 1.54) is 19.2 Å². The molecule has 0 aromatic heterocycles.